The number of aliphatic imine (C=N–C) groups is 1. The molecule has 1 heterocycles. The molecule has 2 aromatic rings. The monoisotopic (exact) mass is 554 g/mol. The lowest BCUT2D eigenvalue weighted by Crippen LogP contribution is -2.46. The van der Waals surface area contributed by atoms with Gasteiger partial charge in [0.05, 0.1) is 40.0 Å². The van der Waals surface area contributed by atoms with Gasteiger partial charge in [0, 0.05) is 26.2 Å². The van der Waals surface area contributed by atoms with E-state index in [1.165, 1.54) is 5.56 Å². The van der Waals surface area contributed by atoms with Crippen molar-refractivity contribution in [2.75, 3.05) is 53.6 Å². The molecule has 1 aliphatic heterocycles. The molecule has 0 saturated carbocycles. The van der Waals surface area contributed by atoms with E-state index in [0.717, 1.165) is 62.4 Å². The minimum Gasteiger partial charge on any atom is -0.497 e. The van der Waals surface area contributed by atoms with Crippen LogP contribution in [0.2, 0.25) is 0 Å². The van der Waals surface area contributed by atoms with Crippen LogP contribution in [0.5, 0.6) is 11.5 Å². The summed E-state index contributed by atoms with van der Waals surface area (Å²) < 4.78 is 16.2. The van der Waals surface area contributed by atoms with E-state index in [1.807, 2.05) is 30.3 Å². The van der Waals surface area contributed by atoms with Crippen molar-refractivity contribution in [3.8, 4) is 11.5 Å². The van der Waals surface area contributed by atoms with Gasteiger partial charge in [-0.1, -0.05) is 24.3 Å². The van der Waals surface area contributed by atoms with Gasteiger partial charge in [-0.15, -0.1) is 24.0 Å². The smallest absolute Gasteiger partial charge is 0.191 e. The Hall–Kier alpha value is -2.04. The summed E-state index contributed by atoms with van der Waals surface area (Å²) >= 11 is 0. The van der Waals surface area contributed by atoms with Crippen LogP contribution < -0.4 is 20.1 Å². The van der Waals surface area contributed by atoms with E-state index in [4.69, 9.17) is 19.2 Å². The van der Waals surface area contributed by atoms with E-state index in [9.17, 15) is 0 Å². The quantitative estimate of drug-likeness (QED) is 0.281. The second kappa shape index (κ2) is 14.2. The summed E-state index contributed by atoms with van der Waals surface area (Å²) in [6.07, 6.45) is 0. The summed E-state index contributed by atoms with van der Waals surface area (Å²) in [5.74, 6) is 2.51. The number of nitrogens with one attached hydrogen (secondary N) is 2. The van der Waals surface area contributed by atoms with Gasteiger partial charge in [-0.2, -0.15) is 0 Å². The zero-order valence-electron chi connectivity index (χ0n) is 19.2. The van der Waals surface area contributed by atoms with Crippen LogP contribution in [0.25, 0.3) is 0 Å². The van der Waals surface area contributed by atoms with Crippen molar-refractivity contribution in [1.29, 1.82) is 0 Å². The predicted molar refractivity (Wildman–Crippen MR) is 139 cm³/mol. The molecule has 3 rings (SSSR count). The van der Waals surface area contributed by atoms with Crippen LogP contribution in [-0.2, 0) is 11.3 Å². The van der Waals surface area contributed by atoms with E-state index < -0.39 is 0 Å². The molecule has 32 heavy (non-hydrogen) atoms. The summed E-state index contributed by atoms with van der Waals surface area (Å²) in [6, 6.07) is 16.5. The van der Waals surface area contributed by atoms with Crippen molar-refractivity contribution < 1.29 is 14.2 Å². The fourth-order valence-corrected chi connectivity index (χ4v) is 3.65. The number of methoxy groups -OCH3 is 2. The zero-order chi connectivity index (χ0) is 21.9. The number of benzene rings is 2. The molecule has 0 amide bonds. The number of rotatable bonds is 9. The standard InChI is InChI=1S/C24H34N4O3.HI/c1-4-25-24(26-17-19-6-5-7-22(16-19)30-3)27-18-23(28-12-14-31-15-13-28)20-8-10-21(29-2)11-9-20;/h5-11,16,23H,4,12-15,17-18H2,1-3H3,(H2,25,26,27);1H. The average molecular weight is 554 g/mol. The van der Waals surface area contributed by atoms with E-state index in [0.29, 0.717) is 6.54 Å². The number of hydrogen-bond donors (Lipinski definition) is 2. The molecule has 1 fully saturated rings. The Morgan fingerprint density at radius 3 is 2.41 bits per heavy atom. The largest absolute Gasteiger partial charge is 0.497 e. The lowest BCUT2D eigenvalue weighted by molar-refractivity contribution is 0.0170. The average Bonchev–Trinajstić information content (AvgIpc) is 2.83. The van der Waals surface area contributed by atoms with Gasteiger partial charge in [-0.3, -0.25) is 4.90 Å². The second-order valence-electron chi connectivity index (χ2n) is 7.36. The Labute approximate surface area is 208 Å². The molecule has 1 unspecified atom stereocenters. The van der Waals surface area contributed by atoms with Crippen molar-refractivity contribution in [2.24, 2.45) is 4.99 Å². The van der Waals surface area contributed by atoms with Crippen molar-refractivity contribution in [2.45, 2.75) is 19.5 Å². The van der Waals surface area contributed by atoms with Crippen molar-refractivity contribution >= 4 is 29.9 Å². The molecule has 1 aliphatic rings. The summed E-state index contributed by atoms with van der Waals surface area (Å²) in [5.41, 5.74) is 2.36. The van der Waals surface area contributed by atoms with Crippen LogP contribution in [0.3, 0.4) is 0 Å². The van der Waals surface area contributed by atoms with E-state index >= 15 is 0 Å². The highest BCUT2D eigenvalue weighted by Crippen LogP contribution is 2.23. The van der Waals surface area contributed by atoms with E-state index in [2.05, 4.69) is 40.7 Å². The minimum atomic E-state index is 0. The van der Waals surface area contributed by atoms with Gasteiger partial charge in [0.2, 0.25) is 0 Å². The molecular weight excluding hydrogens is 519 g/mol. The van der Waals surface area contributed by atoms with Crippen molar-refractivity contribution in [3.05, 3.63) is 59.7 Å². The van der Waals surface area contributed by atoms with Crippen LogP contribution in [0.4, 0.5) is 0 Å². The fraction of sp³-hybridized carbons (Fsp3) is 0.458. The predicted octanol–water partition coefficient (Wildman–Crippen LogP) is 3.45. The third-order valence-corrected chi connectivity index (χ3v) is 5.35. The Morgan fingerprint density at radius 2 is 1.75 bits per heavy atom. The van der Waals surface area contributed by atoms with Gasteiger partial charge in [-0.05, 0) is 42.3 Å². The van der Waals surface area contributed by atoms with E-state index in [1.54, 1.807) is 14.2 Å². The summed E-state index contributed by atoms with van der Waals surface area (Å²) in [5, 5.41) is 6.89. The Bertz CT molecular complexity index is 826. The van der Waals surface area contributed by atoms with Crippen LogP contribution in [-0.4, -0.2) is 64.5 Å². The van der Waals surface area contributed by atoms with Gasteiger partial charge in [-0.25, -0.2) is 4.99 Å². The maximum atomic E-state index is 5.56. The summed E-state index contributed by atoms with van der Waals surface area (Å²) in [6.45, 7) is 7.55. The lowest BCUT2D eigenvalue weighted by atomic mass is 10.0. The molecule has 8 heteroatoms. The highest BCUT2D eigenvalue weighted by molar-refractivity contribution is 14.0. The van der Waals surface area contributed by atoms with Crippen LogP contribution in [0.15, 0.2) is 53.5 Å². The minimum absolute atomic E-state index is 0. The van der Waals surface area contributed by atoms with Gasteiger partial charge in [0.1, 0.15) is 11.5 Å². The van der Waals surface area contributed by atoms with Crippen LogP contribution in [0, 0.1) is 0 Å². The number of ether oxygens (including phenoxy) is 3. The number of morpholine rings is 1. The second-order valence-corrected chi connectivity index (χ2v) is 7.36. The summed E-state index contributed by atoms with van der Waals surface area (Å²) in [7, 11) is 3.37. The molecule has 0 bridgehead atoms. The third kappa shape index (κ3) is 7.83. The molecule has 0 aromatic heterocycles. The van der Waals surface area contributed by atoms with Crippen molar-refractivity contribution in [3.63, 3.8) is 0 Å². The Morgan fingerprint density at radius 1 is 1.03 bits per heavy atom. The molecule has 1 saturated heterocycles. The molecule has 2 aromatic carbocycles. The normalized spacial score (nSPS) is 15.4. The third-order valence-electron chi connectivity index (χ3n) is 5.35. The van der Waals surface area contributed by atoms with E-state index in [-0.39, 0.29) is 30.0 Å². The lowest BCUT2D eigenvalue weighted by Gasteiger charge is -2.35. The number of nitrogens with zero attached hydrogens (tertiary/aromatic N) is 2. The summed E-state index contributed by atoms with van der Waals surface area (Å²) in [4.78, 5) is 7.24. The van der Waals surface area contributed by atoms with Crippen LogP contribution >= 0.6 is 24.0 Å². The fourth-order valence-electron chi connectivity index (χ4n) is 3.65. The zero-order valence-corrected chi connectivity index (χ0v) is 21.5. The Balaban J connectivity index is 0.00000363. The first kappa shape index (κ1) is 26.2. The maximum absolute atomic E-state index is 5.56. The maximum Gasteiger partial charge on any atom is 0.191 e. The molecule has 0 radical (unpaired) electrons. The molecule has 2 N–H and O–H groups in total. The first-order valence-electron chi connectivity index (χ1n) is 10.8. The first-order valence-corrected chi connectivity index (χ1v) is 10.8. The van der Waals surface area contributed by atoms with Crippen molar-refractivity contribution in [1.82, 2.24) is 15.5 Å². The van der Waals surface area contributed by atoms with Gasteiger partial charge in [0.25, 0.3) is 0 Å². The highest BCUT2D eigenvalue weighted by Gasteiger charge is 2.23. The number of guanidine groups is 1. The van der Waals surface area contributed by atoms with Gasteiger partial charge in [0.15, 0.2) is 5.96 Å². The van der Waals surface area contributed by atoms with Gasteiger partial charge >= 0.3 is 0 Å². The van der Waals surface area contributed by atoms with Gasteiger partial charge < -0.3 is 24.8 Å². The SMILES string of the molecule is CCNC(=NCc1cccc(OC)c1)NCC(c1ccc(OC)cc1)N1CCOCC1.I. The molecule has 176 valence electrons. The number of hydrogen-bond acceptors (Lipinski definition) is 5. The van der Waals surface area contributed by atoms with Crippen LogP contribution in [0.1, 0.15) is 24.1 Å². The molecule has 7 nitrogen and oxygen atoms in total. The topological polar surface area (TPSA) is 67.4 Å². The number of halogens is 1. The first-order chi connectivity index (χ1) is 15.2. The molecular formula is C24H35IN4O3. The molecule has 0 spiro atoms. The molecule has 1 atom stereocenters. The highest BCUT2D eigenvalue weighted by atomic mass is 127. The Kier molecular flexibility index (Phi) is 11.6. The molecule has 0 aliphatic carbocycles.